The third-order valence-corrected chi connectivity index (χ3v) is 3.79. The highest BCUT2D eigenvalue weighted by Gasteiger charge is 2.25. The molecule has 0 saturated carbocycles. The Morgan fingerprint density at radius 1 is 1.19 bits per heavy atom. The van der Waals surface area contributed by atoms with Crippen LogP contribution in [-0.2, 0) is 0 Å². The number of hydrogen-bond acceptors (Lipinski definition) is 2. The number of halogens is 3. The maximum Gasteiger partial charge on any atom is 0.187 e. The smallest absolute Gasteiger partial charge is 0.187 e. The van der Waals surface area contributed by atoms with E-state index < -0.39 is 17.5 Å². The molecule has 5 heteroatoms. The second-order valence-corrected chi connectivity index (χ2v) is 5.40. The quantitative estimate of drug-likeness (QED) is 0.752. The third-order valence-electron chi connectivity index (χ3n) is 3.06. The zero-order valence-electron chi connectivity index (χ0n) is 11.0. The molecule has 0 N–H and O–H groups in total. The van der Waals surface area contributed by atoms with Crippen molar-refractivity contribution in [1.82, 2.24) is 0 Å². The molecule has 2 nitrogen and oxygen atoms in total. The number of benzene rings is 2. The van der Waals surface area contributed by atoms with E-state index in [-0.39, 0.29) is 10.6 Å². The molecule has 2 rings (SSSR count). The minimum Gasteiger partial charge on any atom is -0.292 e. The Kier molecular flexibility index (Phi) is 4.62. The lowest BCUT2D eigenvalue weighted by molar-refractivity contribution is 0.0975. The first-order valence-corrected chi connectivity index (χ1v) is 6.84. The van der Waals surface area contributed by atoms with Crippen molar-refractivity contribution in [2.75, 3.05) is 0 Å². The van der Waals surface area contributed by atoms with Gasteiger partial charge in [-0.05, 0) is 36.8 Å². The molecule has 0 aliphatic rings. The highest BCUT2D eigenvalue weighted by Crippen LogP contribution is 2.29. The molecule has 106 valence electrons. The summed E-state index contributed by atoms with van der Waals surface area (Å²) in [6.45, 7) is 1.75. The largest absolute Gasteiger partial charge is 0.292 e. The van der Waals surface area contributed by atoms with E-state index in [1.54, 1.807) is 13.0 Å². The van der Waals surface area contributed by atoms with Gasteiger partial charge in [0.1, 0.15) is 11.7 Å². The third kappa shape index (κ3) is 3.24. The minimum absolute atomic E-state index is 0.104. The molecule has 2 aromatic rings. The molecule has 0 amide bonds. The summed E-state index contributed by atoms with van der Waals surface area (Å²) < 4.78 is 13.8. The van der Waals surface area contributed by atoms with Crippen molar-refractivity contribution in [3.8, 4) is 6.07 Å². The van der Waals surface area contributed by atoms with Crippen LogP contribution >= 0.6 is 23.2 Å². The fraction of sp³-hybridized carbons (Fsp3) is 0.125. The van der Waals surface area contributed by atoms with Crippen LogP contribution in [0.15, 0.2) is 36.4 Å². The van der Waals surface area contributed by atoms with Gasteiger partial charge in [0.15, 0.2) is 5.78 Å². The topological polar surface area (TPSA) is 40.9 Å². The number of hydrogen-bond donors (Lipinski definition) is 0. The number of Topliss-reactive ketones (excluding diaryl/α,β-unsaturated/α-hetero) is 1. The molecular formula is C16H10Cl2FNO. The fourth-order valence-corrected chi connectivity index (χ4v) is 2.27. The summed E-state index contributed by atoms with van der Waals surface area (Å²) in [5.74, 6) is -2.38. The first-order chi connectivity index (χ1) is 9.93. The Balaban J connectivity index is 2.46. The zero-order valence-corrected chi connectivity index (χ0v) is 12.5. The van der Waals surface area contributed by atoms with Gasteiger partial charge in [-0.15, -0.1) is 0 Å². The lowest BCUT2D eigenvalue weighted by atomic mass is 9.91. The Hall–Kier alpha value is -1.89. The van der Waals surface area contributed by atoms with Crippen molar-refractivity contribution in [3.05, 3.63) is 69.0 Å². The number of ketones is 1. The predicted octanol–water partition coefficient (Wildman–Crippen LogP) is 4.93. The second kappa shape index (κ2) is 6.26. The van der Waals surface area contributed by atoms with Gasteiger partial charge >= 0.3 is 0 Å². The predicted molar refractivity (Wildman–Crippen MR) is 80.3 cm³/mol. The Bertz CT molecular complexity index is 752. The zero-order chi connectivity index (χ0) is 15.6. The van der Waals surface area contributed by atoms with E-state index in [1.807, 2.05) is 6.07 Å². The Morgan fingerprint density at radius 2 is 1.90 bits per heavy atom. The number of carbonyl (C=O) groups excluding carboxylic acids is 1. The summed E-state index contributed by atoms with van der Waals surface area (Å²) in [6.07, 6.45) is 0. The SMILES string of the molecule is Cc1ccc(F)c(C(=O)C(C#N)c2ccc(Cl)c(Cl)c2)c1. The molecule has 0 aliphatic carbocycles. The van der Waals surface area contributed by atoms with Crippen LogP contribution in [0.4, 0.5) is 4.39 Å². The van der Waals surface area contributed by atoms with Crippen LogP contribution in [0.3, 0.4) is 0 Å². The highest BCUT2D eigenvalue weighted by molar-refractivity contribution is 6.42. The van der Waals surface area contributed by atoms with E-state index in [9.17, 15) is 14.4 Å². The van der Waals surface area contributed by atoms with Gasteiger partial charge in [0.25, 0.3) is 0 Å². The Labute approximate surface area is 131 Å². The van der Waals surface area contributed by atoms with Crippen LogP contribution in [0, 0.1) is 24.1 Å². The van der Waals surface area contributed by atoms with Gasteiger partial charge in [0.05, 0.1) is 21.7 Å². The van der Waals surface area contributed by atoms with E-state index >= 15 is 0 Å². The van der Waals surface area contributed by atoms with Crippen LogP contribution in [0.1, 0.15) is 27.4 Å². The summed E-state index contributed by atoms with van der Waals surface area (Å²) in [4.78, 5) is 12.4. The van der Waals surface area contributed by atoms with Crippen LogP contribution < -0.4 is 0 Å². The molecule has 0 saturated heterocycles. The second-order valence-electron chi connectivity index (χ2n) is 4.58. The van der Waals surface area contributed by atoms with Crippen LogP contribution in [0.2, 0.25) is 10.0 Å². The van der Waals surface area contributed by atoms with Crippen LogP contribution in [0.25, 0.3) is 0 Å². The van der Waals surface area contributed by atoms with E-state index in [0.29, 0.717) is 10.6 Å². The van der Waals surface area contributed by atoms with Crippen molar-refractivity contribution in [1.29, 1.82) is 5.26 Å². The molecule has 0 aromatic heterocycles. The average molecular weight is 322 g/mol. The van der Waals surface area contributed by atoms with Gasteiger partial charge in [0, 0.05) is 0 Å². The Morgan fingerprint density at radius 3 is 2.52 bits per heavy atom. The van der Waals surface area contributed by atoms with Gasteiger partial charge in [-0.25, -0.2) is 4.39 Å². The van der Waals surface area contributed by atoms with E-state index in [2.05, 4.69) is 0 Å². The van der Waals surface area contributed by atoms with Gasteiger partial charge in [-0.1, -0.05) is 40.9 Å². The lowest BCUT2D eigenvalue weighted by Crippen LogP contribution is -2.13. The summed E-state index contributed by atoms with van der Waals surface area (Å²) in [5, 5.41) is 9.83. The van der Waals surface area contributed by atoms with Crippen molar-refractivity contribution < 1.29 is 9.18 Å². The van der Waals surface area contributed by atoms with Crippen LogP contribution in [0.5, 0.6) is 0 Å². The molecule has 0 bridgehead atoms. The van der Waals surface area contributed by atoms with Gasteiger partial charge < -0.3 is 0 Å². The van der Waals surface area contributed by atoms with Crippen LogP contribution in [-0.4, -0.2) is 5.78 Å². The maximum atomic E-state index is 13.8. The standard InChI is InChI=1S/C16H10Cl2FNO/c1-9-2-5-15(19)11(6-9)16(21)12(8-20)10-3-4-13(17)14(18)7-10/h2-7,12H,1H3. The average Bonchev–Trinajstić information content (AvgIpc) is 2.46. The minimum atomic E-state index is -1.13. The van der Waals surface area contributed by atoms with Gasteiger partial charge in [-0.3, -0.25) is 4.79 Å². The fourth-order valence-electron chi connectivity index (χ4n) is 1.96. The van der Waals surface area contributed by atoms with Gasteiger partial charge in [0.2, 0.25) is 0 Å². The number of carbonyl (C=O) groups is 1. The molecule has 0 fully saturated rings. The maximum absolute atomic E-state index is 13.8. The van der Waals surface area contributed by atoms with E-state index in [1.165, 1.54) is 30.3 Å². The number of rotatable bonds is 3. The van der Waals surface area contributed by atoms with Crippen molar-refractivity contribution in [2.24, 2.45) is 0 Å². The monoisotopic (exact) mass is 321 g/mol. The summed E-state index contributed by atoms with van der Waals surface area (Å²) in [6, 6.07) is 10.6. The summed E-state index contributed by atoms with van der Waals surface area (Å²) in [7, 11) is 0. The van der Waals surface area contributed by atoms with Gasteiger partial charge in [-0.2, -0.15) is 5.26 Å². The normalized spacial score (nSPS) is 11.8. The molecule has 21 heavy (non-hydrogen) atoms. The molecular weight excluding hydrogens is 312 g/mol. The van der Waals surface area contributed by atoms with Crippen molar-refractivity contribution in [2.45, 2.75) is 12.8 Å². The van der Waals surface area contributed by atoms with Crippen molar-refractivity contribution in [3.63, 3.8) is 0 Å². The number of aryl methyl sites for hydroxylation is 1. The number of nitriles is 1. The molecule has 1 atom stereocenters. The first-order valence-electron chi connectivity index (χ1n) is 6.09. The van der Waals surface area contributed by atoms with Crippen molar-refractivity contribution >= 4 is 29.0 Å². The number of nitrogens with zero attached hydrogens (tertiary/aromatic N) is 1. The molecule has 0 heterocycles. The molecule has 0 radical (unpaired) electrons. The molecule has 1 unspecified atom stereocenters. The molecule has 0 spiro atoms. The lowest BCUT2D eigenvalue weighted by Gasteiger charge is -2.11. The summed E-state index contributed by atoms with van der Waals surface area (Å²) >= 11 is 11.7. The first kappa shape index (κ1) is 15.5. The summed E-state index contributed by atoms with van der Waals surface area (Å²) in [5.41, 5.74) is 1.02. The molecule has 0 aliphatic heterocycles. The molecule has 2 aromatic carbocycles. The van der Waals surface area contributed by atoms with E-state index in [4.69, 9.17) is 23.2 Å². The highest BCUT2D eigenvalue weighted by atomic mass is 35.5. The van der Waals surface area contributed by atoms with E-state index in [0.717, 1.165) is 5.56 Å².